The van der Waals surface area contributed by atoms with Gasteiger partial charge in [-0.25, -0.2) is 4.98 Å². The second kappa shape index (κ2) is 5.58. The predicted molar refractivity (Wildman–Crippen MR) is 90.8 cm³/mol. The van der Waals surface area contributed by atoms with Gasteiger partial charge in [0.2, 0.25) is 5.95 Å². The predicted octanol–water partition coefficient (Wildman–Crippen LogP) is 1.13. The molecule has 7 heteroatoms. The van der Waals surface area contributed by atoms with Crippen LogP contribution >= 0.6 is 0 Å². The molecule has 3 aliphatic rings. The molecule has 3 fully saturated rings. The van der Waals surface area contributed by atoms with Gasteiger partial charge in [-0.05, 0) is 19.8 Å². The van der Waals surface area contributed by atoms with Crippen LogP contribution in [-0.4, -0.2) is 58.2 Å². The molecule has 0 bridgehead atoms. The molecule has 0 amide bonds. The molecule has 3 heterocycles. The Bertz CT molecular complexity index is 640. The fourth-order valence-electron chi connectivity index (χ4n) is 4.87. The summed E-state index contributed by atoms with van der Waals surface area (Å²) in [5, 5.41) is 10.00. The van der Waals surface area contributed by atoms with Crippen LogP contribution in [0.2, 0.25) is 0 Å². The number of fused-ring (bicyclic) bond motifs is 1. The number of carboxylic acids is 1. The number of nitrogens with zero attached hydrogens (tertiary/aromatic N) is 4. The van der Waals surface area contributed by atoms with E-state index in [0.29, 0.717) is 19.1 Å². The SMILES string of the molecule is Cc1cc(N2C[C@@H]3CN(C4CCCC4)C[C@]3(C(=O)O)C2)nc(N)n1. The summed E-state index contributed by atoms with van der Waals surface area (Å²) in [7, 11) is 0. The minimum Gasteiger partial charge on any atom is -0.481 e. The van der Waals surface area contributed by atoms with Gasteiger partial charge in [0, 0.05) is 49.9 Å². The third kappa shape index (κ3) is 2.42. The number of anilines is 2. The van der Waals surface area contributed by atoms with Gasteiger partial charge in [-0.3, -0.25) is 9.69 Å². The Morgan fingerprint density at radius 3 is 2.67 bits per heavy atom. The van der Waals surface area contributed by atoms with Crippen molar-refractivity contribution in [2.45, 2.75) is 38.6 Å². The molecule has 4 rings (SSSR count). The molecule has 130 valence electrons. The zero-order valence-electron chi connectivity index (χ0n) is 14.1. The van der Waals surface area contributed by atoms with Crippen molar-refractivity contribution >= 4 is 17.7 Å². The lowest BCUT2D eigenvalue weighted by Gasteiger charge is -2.29. The number of aromatic nitrogens is 2. The highest BCUT2D eigenvalue weighted by Gasteiger charge is 2.58. The van der Waals surface area contributed by atoms with Crippen LogP contribution < -0.4 is 10.6 Å². The van der Waals surface area contributed by atoms with Gasteiger partial charge in [0.25, 0.3) is 0 Å². The second-order valence-corrected chi connectivity index (χ2v) is 7.63. The molecule has 1 aromatic rings. The summed E-state index contributed by atoms with van der Waals surface area (Å²) < 4.78 is 0. The molecular weight excluding hydrogens is 306 g/mol. The van der Waals surface area contributed by atoms with Crippen LogP contribution in [-0.2, 0) is 4.79 Å². The van der Waals surface area contributed by atoms with Crippen molar-refractivity contribution in [3.05, 3.63) is 11.8 Å². The van der Waals surface area contributed by atoms with Crippen molar-refractivity contribution < 1.29 is 9.90 Å². The van der Waals surface area contributed by atoms with E-state index in [9.17, 15) is 9.90 Å². The Morgan fingerprint density at radius 1 is 1.29 bits per heavy atom. The fraction of sp³-hybridized carbons (Fsp3) is 0.706. The van der Waals surface area contributed by atoms with Gasteiger partial charge in [0.05, 0.1) is 0 Å². The molecule has 24 heavy (non-hydrogen) atoms. The average molecular weight is 331 g/mol. The Kier molecular flexibility index (Phi) is 3.63. The molecule has 3 N–H and O–H groups in total. The highest BCUT2D eigenvalue weighted by atomic mass is 16.4. The maximum atomic E-state index is 12.2. The molecule has 0 radical (unpaired) electrons. The van der Waals surface area contributed by atoms with E-state index in [-0.39, 0.29) is 11.9 Å². The van der Waals surface area contributed by atoms with Gasteiger partial charge in [-0.2, -0.15) is 4.98 Å². The first-order chi connectivity index (χ1) is 11.5. The van der Waals surface area contributed by atoms with Crippen LogP contribution in [0.3, 0.4) is 0 Å². The third-order valence-electron chi connectivity index (χ3n) is 6.08. The molecule has 7 nitrogen and oxygen atoms in total. The number of carbonyl (C=O) groups is 1. The minimum atomic E-state index is -0.684. The number of aryl methyl sites for hydroxylation is 1. The first-order valence-electron chi connectivity index (χ1n) is 8.81. The van der Waals surface area contributed by atoms with Gasteiger partial charge in [0.15, 0.2) is 0 Å². The van der Waals surface area contributed by atoms with E-state index in [2.05, 4.69) is 19.8 Å². The molecule has 2 saturated heterocycles. The van der Waals surface area contributed by atoms with Crippen LogP contribution in [0.4, 0.5) is 11.8 Å². The number of hydrogen-bond donors (Lipinski definition) is 2. The van der Waals surface area contributed by atoms with Crippen molar-refractivity contribution in [2.75, 3.05) is 36.8 Å². The molecule has 1 saturated carbocycles. The summed E-state index contributed by atoms with van der Waals surface area (Å²) in [5.74, 6) is 0.475. The number of hydrogen-bond acceptors (Lipinski definition) is 6. The highest BCUT2D eigenvalue weighted by Crippen LogP contribution is 2.46. The standard InChI is InChI=1S/C17H25N5O2/c1-11-6-14(20-16(18)19-11)22-8-12-7-21(13-4-2-3-5-13)9-17(12,10-22)15(23)24/h6,12-13H,2-5,7-10H2,1H3,(H,23,24)(H2,18,19,20)/t12-,17-/m0/s1. The molecule has 1 aliphatic carbocycles. The van der Waals surface area contributed by atoms with Gasteiger partial charge >= 0.3 is 5.97 Å². The van der Waals surface area contributed by atoms with Crippen LogP contribution in [0.15, 0.2) is 6.07 Å². The average Bonchev–Trinajstić information content (AvgIpc) is 3.20. The number of nitrogen functional groups attached to an aromatic ring is 1. The van der Waals surface area contributed by atoms with E-state index in [1.807, 2.05) is 13.0 Å². The second-order valence-electron chi connectivity index (χ2n) is 7.63. The summed E-state index contributed by atoms with van der Waals surface area (Å²) in [4.78, 5) is 25.1. The summed E-state index contributed by atoms with van der Waals surface area (Å²) in [6, 6.07) is 2.47. The topological polar surface area (TPSA) is 95.6 Å². The highest BCUT2D eigenvalue weighted by molar-refractivity contribution is 5.78. The van der Waals surface area contributed by atoms with Crippen molar-refractivity contribution in [1.29, 1.82) is 0 Å². The maximum Gasteiger partial charge on any atom is 0.313 e. The third-order valence-corrected chi connectivity index (χ3v) is 6.08. The van der Waals surface area contributed by atoms with Crippen molar-refractivity contribution in [1.82, 2.24) is 14.9 Å². The molecular formula is C17H25N5O2. The maximum absolute atomic E-state index is 12.2. The largest absolute Gasteiger partial charge is 0.481 e. The van der Waals surface area contributed by atoms with Gasteiger partial charge in [0.1, 0.15) is 11.2 Å². The zero-order valence-corrected chi connectivity index (χ0v) is 14.1. The monoisotopic (exact) mass is 331 g/mol. The van der Waals surface area contributed by atoms with Gasteiger partial charge in [-0.1, -0.05) is 12.8 Å². The molecule has 0 unspecified atom stereocenters. The van der Waals surface area contributed by atoms with E-state index < -0.39 is 11.4 Å². The van der Waals surface area contributed by atoms with E-state index in [1.54, 1.807) is 0 Å². The smallest absolute Gasteiger partial charge is 0.313 e. The Balaban J connectivity index is 1.57. The van der Waals surface area contributed by atoms with Crippen molar-refractivity contribution in [2.24, 2.45) is 11.3 Å². The lowest BCUT2D eigenvalue weighted by atomic mass is 9.81. The van der Waals surface area contributed by atoms with E-state index in [4.69, 9.17) is 5.73 Å². The quantitative estimate of drug-likeness (QED) is 0.857. The number of nitrogens with two attached hydrogens (primary N) is 1. The summed E-state index contributed by atoms with van der Waals surface area (Å²) in [6.07, 6.45) is 4.98. The number of carboxylic acid groups (broad SMARTS) is 1. The molecule has 2 atom stereocenters. The minimum absolute atomic E-state index is 0.145. The fourth-order valence-corrected chi connectivity index (χ4v) is 4.87. The zero-order chi connectivity index (χ0) is 16.9. The lowest BCUT2D eigenvalue weighted by molar-refractivity contribution is -0.148. The number of likely N-dealkylation sites (tertiary alicyclic amines) is 1. The molecule has 1 aromatic heterocycles. The van der Waals surface area contributed by atoms with Crippen molar-refractivity contribution in [3.63, 3.8) is 0 Å². The molecule has 0 aromatic carbocycles. The van der Waals surface area contributed by atoms with Gasteiger partial charge < -0.3 is 15.7 Å². The van der Waals surface area contributed by atoms with E-state index in [1.165, 1.54) is 25.7 Å². The molecule has 0 spiro atoms. The summed E-state index contributed by atoms with van der Waals surface area (Å²) in [5.41, 5.74) is 5.89. The Hall–Kier alpha value is -1.89. The summed E-state index contributed by atoms with van der Waals surface area (Å²) >= 11 is 0. The van der Waals surface area contributed by atoms with Crippen LogP contribution in [0.5, 0.6) is 0 Å². The Labute approximate surface area is 141 Å². The normalized spacial score (nSPS) is 30.9. The number of rotatable bonds is 3. The first-order valence-corrected chi connectivity index (χ1v) is 8.81. The van der Waals surface area contributed by atoms with Crippen molar-refractivity contribution in [3.8, 4) is 0 Å². The number of aliphatic carboxylic acids is 1. The van der Waals surface area contributed by atoms with E-state index >= 15 is 0 Å². The van der Waals surface area contributed by atoms with Crippen LogP contribution in [0, 0.1) is 18.3 Å². The summed E-state index contributed by atoms with van der Waals surface area (Å²) in [6.45, 7) is 4.66. The van der Waals surface area contributed by atoms with Gasteiger partial charge in [-0.15, -0.1) is 0 Å². The molecule has 2 aliphatic heterocycles. The first kappa shape index (κ1) is 15.6. The van der Waals surface area contributed by atoms with Crippen LogP contribution in [0.25, 0.3) is 0 Å². The lowest BCUT2D eigenvalue weighted by Crippen LogP contribution is -2.42. The Morgan fingerprint density at radius 2 is 2.04 bits per heavy atom. The van der Waals surface area contributed by atoms with Crippen LogP contribution in [0.1, 0.15) is 31.4 Å². The van der Waals surface area contributed by atoms with E-state index in [0.717, 1.165) is 24.6 Å².